The molecule has 8 heteroatoms. The van der Waals surface area contributed by atoms with Crippen molar-refractivity contribution in [2.45, 2.75) is 25.1 Å². The van der Waals surface area contributed by atoms with Crippen LogP contribution in [0.5, 0.6) is 0 Å². The Kier molecular flexibility index (Phi) is 4.75. The summed E-state index contributed by atoms with van der Waals surface area (Å²) in [5.41, 5.74) is 0.435. The van der Waals surface area contributed by atoms with Crippen molar-refractivity contribution in [2.24, 2.45) is 0 Å². The van der Waals surface area contributed by atoms with Crippen molar-refractivity contribution >= 4 is 49.0 Å². The van der Waals surface area contributed by atoms with Crippen molar-refractivity contribution in [3.8, 4) is 0 Å². The standard InChI is InChI=1S/C11H10Br2F3NOS/c12-9-3-7(10(13)19-9)8(18)4-17(6-1-2-6)5-11(14,15)16/h3,6H,1-2,4-5H2. The summed E-state index contributed by atoms with van der Waals surface area (Å²) in [6.07, 6.45) is -2.80. The molecule has 19 heavy (non-hydrogen) atoms. The van der Waals surface area contributed by atoms with Crippen molar-refractivity contribution in [1.82, 2.24) is 4.90 Å². The minimum atomic E-state index is -4.27. The third kappa shape index (κ3) is 4.54. The molecule has 0 amide bonds. The van der Waals surface area contributed by atoms with Gasteiger partial charge in [0.2, 0.25) is 0 Å². The maximum Gasteiger partial charge on any atom is 0.401 e. The molecule has 0 bridgehead atoms. The van der Waals surface area contributed by atoms with E-state index in [1.54, 1.807) is 6.07 Å². The van der Waals surface area contributed by atoms with Crippen LogP contribution < -0.4 is 0 Å². The highest BCUT2D eigenvalue weighted by molar-refractivity contribution is 9.12. The van der Waals surface area contributed by atoms with Gasteiger partial charge in [-0.3, -0.25) is 9.69 Å². The summed E-state index contributed by atoms with van der Waals surface area (Å²) in [6, 6.07) is 1.53. The van der Waals surface area contributed by atoms with E-state index in [1.165, 1.54) is 16.2 Å². The largest absolute Gasteiger partial charge is 0.401 e. The topological polar surface area (TPSA) is 20.3 Å². The number of carbonyl (C=O) groups is 1. The molecule has 0 spiro atoms. The third-order valence-electron chi connectivity index (χ3n) is 2.75. The summed E-state index contributed by atoms with van der Waals surface area (Å²) in [4.78, 5) is 13.3. The molecule has 1 fully saturated rings. The smallest absolute Gasteiger partial charge is 0.293 e. The number of halogens is 5. The number of nitrogens with zero attached hydrogens (tertiary/aromatic N) is 1. The van der Waals surface area contributed by atoms with Crippen molar-refractivity contribution in [3.63, 3.8) is 0 Å². The van der Waals surface area contributed by atoms with Crippen LogP contribution in [0.1, 0.15) is 23.2 Å². The van der Waals surface area contributed by atoms with E-state index in [0.29, 0.717) is 9.35 Å². The summed E-state index contributed by atoms with van der Waals surface area (Å²) in [5.74, 6) is -0.287. The SMILES string of the molecule is O=C(CN(CC(F)(F)F)C1CC1)c1cc(Br)sc1Br. The highest BCUT2D eigenvalue weighted by Crippen LogP contribution is 2.34. The Labute approximate surface area is 129 Å². The van der Waals surface area contributed by atoms with Crippen LogP contribution in [0.3, 0.4) is 0 Å². The van der Waals surface area contributed by atoms with Gasteiger partial charge in [-0.15, -0.1) is 11.3 Å². The molecular weight excluding hydrogens is 411 g/mol. The van der Waals surface area contributed by atoms with E-state index in [1.807, 2.05) is 0 Å². The number of hydrogen-bond acceptors (Lipinski definition) is 3. The first-order chi connectivity index (χ1) is 8.76. The lowest BCUT2D eigenvalue weighted by Crippen LogP contribution is -2.39. The van der Waals surface area contributed by atoms with Crippen LogP contribution in [0.15, 0.2) is 13.6 Å². The Morgan fingerprint density at radius 1 is 1.42 bits per heavy atom. The minimum Gasteiger partial charge on any atom is -0.293 e. The number of thiophene rings is 1. The summed E-state index contributed by atoms with van der Waals surface area (Å²) in [7, 11) is 0. The van der Waals surface area contributed by atoms with E-state index in [9.17, 15) is 18.0 Å². The predicted octanol–water partition coefficient (Wildman–Crippen LogP) is 4.48. The van der Waals surface area contributed by atoms with Crippen LogP contribution in [0.2, 0.25) is 0 Å². The fraction of sp³-hybridized carbons (Fsp3) is 0.545. The Morgan fingerprint density at radius 2 is 2.05 bits per heavy atom. The second kappa shape index (κ2) is 5.83. The molecule has 1 aliphatic rings. The molecule has 0 radical (unpaired) electrons. The van der Waals surface area contributed by atoms with Crippen LogP contribution >= 0.6 is 43.2 Å². The Morgan fingerprint density at radius 3 is 2.47 bits per heavy atom. The summed E-state index contributed by atoms with van der Waals surface area (Å²) >= 11 is 7.83. The third-order valence-corrected chi connectivity index (χ3v) is 5.09. The molecule has 0 aromatic carbocycles. The van der Waals surface area contributed by atoms with Gasteiger partial charge in [-0.25, -0.2) is 0 Å². The van der Waals surface area contributed by atoms with E-state index < -0.39 is 12.7 Å². The van der Waals surface area contributed by atoms with E-state index in [2.05, 4.69) is 31.9 Å². The maximum atomic E-state index is 12.5. The number of rotatable bonds is 5. The van der Waals surface area contributed by atoms with Crippen molar-refractivity contribution in [3.05, 3.63) is 19.2 Å². The molecule has 2 nitrogen and oxygen atoms in total. The zero-order chi connectivity index (χ0) is 14.2. The van der Waals surface area contributed by atoms with Crippen LogP contribution in [0.4, 0.5) is 13.2 Å². The first-order valence-corrected chi connectivity index (χ1v) is 7.95. The number of carbonyl (C=O) groups excluding carboxylic acids is 1. The van der Waals surface area contributed by atoms with Gasteiger partial charge in [0.25, 0.3) is 0 Å². The van der Waals surface area contributed by atoms with E-state index in [4.69, 9.17) is 0 Å². The summed E-state index contributed by atoms with van der Waals surface area (Å²) < 4.78 is 38.8. The quantitative estimate of drug-likeness (QED) is 0.654. The summed E-state index contributed by atoms with van der Waals surface area (Å²) in [6.45, 7) is -1.21. The van der Waals surface area contributed by atoms with E-state index in [0.717, 1.165) is 16.6 Å². The first kappa shape index (κ1) is 15.5. The summed E-state index contributed by atoms with van der Waals surface area (Å²) in [5, 5.41) is 0. The number of Topliss-reactive ketones (excluding diaryl/α,β-unsaturated/α-hetero) is 1. The fourth-order valence-electron chi connectivity index (χ4n) is 1.78. The Bertz CT molecular complexity index is 485. The van der Waals surface area contributed by atoms with Crippen molar-refractivity contribution in [1.29, 1.82) is 0 Å². The molecule has 0 unspecified atom stereocenters. The number of alkyl halides is 3. The molecule has 1 heterocycles. The normalized spacial score (nSPS) is 16.1. The molecule has 1 aromatic rings. The van der Waals surface area contributed by atoms with Gasteiger partial charge in [-0.05, 0) is 50.8 Å². The van der Waals surface area contributed by atoms with Crippen LogP contribution in [-0.4, -0.2) is 36.0 Å². The molecular formula is C11H10Br2F3NOS. The lowest BCUT2D eigenvalue weighted by molar-refractivity contribution is -0.145. The van der Waals surface area contributed by atoms with E-state index >= 15 is 0 Å². The minimum absolute atomic E-state index is 0.105. The Hall–Kier alpha value is 0.0800. The zero-order valence-electron chi connectivity index (χ0n) is 9.64. The second-order valence-corrected chi connectivity index (χ2v) is 8.16. The second-order valence-electron chi connectivity index (χ2n) is 4.41. The average molecular weight is 421 g/mol. The van der Waals surface area contributed by atoms with Gasteiger partial charge in [-0.2, -0.15) is 13.2 Å². The van der Waals surface area contributed by atoms with Crippen molar-refractivity contribution < 1.29 is 18.0 Å². The van der Waals surface area contributed by atoms with Gasteiger partial charge in [-0.1, -0.05) is 0 Å². The highest BCUT2D eigenvalue weighted by atomic mass is 79.9. The predicted molar refractivity (Wildman–Crippen MR) is 74.7 cm³/mol. The molecule has 106 valence electrons. The van der Waals surface area contributed by atoms with Crippen LogP contribution in [0, 0.1) is 0 Å². The highest BCUT2D eigenvalue weighted by Gasteiger charge is 2.39. The molecule has 0 saturated heterocycles. The van der Waals surface area contributed by atoms with E-state index in [-0.39, 0.29) is 18.4 Å². The average Bonchev–Trinajstić information content (AvgIpc) is 3.01. The Balaban J connectivity index is 2.05. The molecule has 0 atom stereocenters. The fourth-order valence-corrected chi connectivity index (χ4v) is 4.64. The number of ketones is 1. The molecule has 1 saturated carbocycles. The van der Waals surface area contributed by atoms with Gasteiger partial charge < -0.3 is 0 Å². The lowest BCUT2D eigenvalue weighted by atomic mass is 10.2. The molecule has 2 rings (SSSR count). The van der Waals surface area contributed by atoms with Gasteiger partial charge in [0.1, 0.15) is 0 Å². The lowest BCUT2D eigenvalue weighted by Gasteiger charge is -2.22. The van der Waals surface area contributed by atoms with Crippen LogP contribution in [0.25, 0.3) is 0 Å². The van der Waals surface area contributed by atoms with Crippen molar-refractivity contribution in [2.75, 3.05) is 13.1 Å². The number of hydrogen-bond donors (Lipinski definition) is 0. The first-order valence-electron chi connectivity index (χ1n) is 5.55. The molecule has 1 aromatic heterocycles. The van der Waals surface area contributed by atoms with Crippen LogP contribution in [-0.2, 0) is 0 Å². The maximum absolute atomic E-state index is 12.5. The molecule has 1 aliphatic carbocycles. The molecule has 0 aliphatic heterocycles. The van der Waals surface area contributed by atoms with Gasteiger partial charge >= 0.3 is 6.18 Å². The van der Waals surface area contributed by atoms with Gasteiger partial charge in [0.05, 0.1) is 20.7 Å². The molecule has 0 N–H and O–H groups in total. The van der Waals surface area contributed by atoms with Gasteiger partial charge in [0.15, 0.2) is 5.78 Å². The zero-order valence-corrected chi connectivity index (χ0v) is 13.6. The monoisotopic (exact) mass is 419 g/mol. The van der Waals surface area contributed by atoms with Gasteiger partial charge in [0, 0.05) is 11.6 Å².